The third-order valence-corrected chi connectivity index (χ3v) is 4.45. The highest BCUT2D eigenvalue weighted by Gasteiger charge is 2.43. The summed E-state index contributed by atoms with van der Waals surface area (Å²) in [4.78, 5) is 45.8. The van der Waals surface area contributed by atoms with Gasteiger partial charge in [-0.3, -0.25) is 19.7 Å². The smallest absolute Gasteiger partial charge is 0.322 e. The molecular formula is C15H17N3O5S. The van der Waals surface area contributed by atoms with Gasteiger partial charge in [0.2, 0.25) is 0 Å². The number of urea groups is 1. The molecule has 0 aromatic heterocycles. The molecule has 0 saturated carbocycles. The normalized spacial score (nSPS) is 19.5. The van der Waals surface area contributed by atoms with E-state index in [2.05, 4.69) is 16.0 Å². The molecule has 4 N–H and O–H groups in total. The first kappa shape index (κ1) is 17.8. The molecule has 1 aliphatic rings. The summed E-state index contributed by atoms with van der Waals surface area (Å²) in [6, 6.07) is 5.86. The van der Waals surface area contributed by atoms with E-state index in [0.29, 0.717) is 23.4 Å². The molecule has 2 rings (SSSR count). The van der Waals surface area contributed by atoms with Gasteiger partial charge in [0.1, 0.15) is 5.54 Å². The van der Waals surface area contributed by atoms with Crippen LogP contribution in [-0.2, 0) is 15.1 Å². The van der Waals surface area contributed by atoms with Crippen LogP contribution < -0.4 is 16.0 Å². The fraction of sp³-hybridized carbons (Fsp3) is 0.333. The van der Waals surface area contributed by atoms with Crippen molar-refractivity contribution in [2.75, 3.05) is 18.1 Å². The fourth-order valence-corrected chi connectivity index (χ4v) is 2.78. The Bertz CT molecular complexity index is 693. The van der Waals surface area contributed by atoms with Crippen LogP contribution in [0.25, 0.3) is 0 Å². The van der Waals surface area contributed by atoms with E-state index in [1.807, 2.05) is 0 Å². The van der Waals surface area contributed by atoms with Crippen molar-refractivity contribution in [1.82, 2.24) is 16.0 Å². The van der Waals surface area contributed by atoms with Crippen LogP contribution in [0.1, 0.15) is 22.8 Å². The summed E-state index contributed by atoms with van der Waals surface area (Å²) in [7, 11) is 0. The van der Waals surface area contributed by atoms with Gasteiger partial charge in [0.25, 0.3) is 11.8 Å². The number of carbonyl (C=O) groups excluding carboxylic acids is 3. The van der Waals surface area contributed by atoms with Gasteiger partial charge in [-0.25, -0.2) is 4.79 Å². The summed E-state index contributed by atoms with van der Waals surface area (Å²) >= 11 is 1.21. The molecule has 0 spiro atoms. The maximum absolute atomic E-state index is 12.1. The van der Waals surface area contributed by atoms with E-state index in [-0.39, 0.29) is 11.7 Å². The first-order valence-corrected chi connectivity index (χ1v) is 8.30. The first-order chi connectivity index (χ1) is 11.3. The number of imide groups is 1. The highest BCUT2D eigenvalue weighted by atomic mass is 32.2. The summed E-state index contributed by atoms with van der Waals surface area (Å²) in [6.07, 6.45) is 0. The summed E-state index contributed by atoms with van der Waals surface area (Å²) in [5.41, 5.74) is -0.366. The average Bonchev–Trinajstić information content (AvgIpc) is 2.80. The van der Waals surface area contributed by atoms with Gasteiger partial charge < -0.3 is 15.7 Å². The van der Waals surface area contributed by atoms with Gasteiger partial charge in [-0.05, 0) is 24.6 Å². The highest BCUT2D eigenvalue weighted by molar-refractivity contribution is 7.99. The first-order valence-electron chi connectivity index (χ1n) is 7.15. The number of carboxylic acids is 1. The molecule has 0 aliphatic carbocycles. The minimum absolute atomic E-state index is 0.0154. The minimum atomic E-state index is -1.22. The Labute approximate surface area is 142 Å². The lowest BCUT2D eigenvalue weighted by Gasteiger charge is -2.21. The Kier molecular flexibility index (Phi) is 5.45. The molecule has 1 saturated heterocycles. The van der Waals surface area contributed by atoms with E-state index in [1.54, 1.807) is 31.2 Å². The number of hydrogen-bond donors (Lipinski definition) is 4. The van der Waals surface area contributed by atoms with Gasteiger partial charge in [-0.2, -0.15) is 0 Å². The van der Waals surface area contributed by atoms with E-state index in [1.165, 1.54) is 11.8 Å². The number of aliphatic carboxylic acids is 1. The van der Waals surface area contributed by atoms with Crippen LogP contribution in [-0.4, -0.2) is 47.0 Å². The van der Waals surface area contributed by atoms with Crippen molar-refractivity contribution in [2.45, 2.75) is 12.5 Å². The maximum Gasteiger partial charge on any atom is 0.322 e. The topological polar surface area (TPSA) is 125 Å². The van der Waals surface area contributed by atoms with E-state index >= 15 is 0 Å². The number of carbonyl (C=O) groups is 4. The van der Waals surface area contributed by atoms with Crippen LogP contribution in [0.2, 0.25) is 0 Å². The SMILES string of the molecule is CC1(c2cccc(C(=O)NCCSCC(=O)O)c2)NC(=O)NC1=O. The third kappa shape index (κ3) is 4.05. The highest BCUT2D eigenvalue weighted by Crippen LogP contribution is 2.25. The lowest BCUT2D eigenvalue weighted by Crippen LogP contribution is -2.40. The number of nitrogens with one attached hydrogen (secondary N) is 3. The van der Waals surface area contributed by atoms with E-state index in [0.717, 1.165) is 0 Å². The largest absolute Gasteiger partial charge is 0.481 e. The van der Waals surface area contributed by atoms with Gasteiger partial charge in [-0.15, -0.1) is 11.8 Å². The maximum atomic E-state index is 12.1. The number of carboxylic acid groups (broad SMARTS) is 1. The second kappa shape index (κ2) is 7.35. The van der Waals surface area contributed by atoms with Crippen molar-refractivity contribution in [3.63, 3.8) is 0 Å². The summed E-state index contributed by atoms with van der Waals surface area (Å²) < 4.78 is 0. The third-order valence-electron chi connectivity index (χ3n) is 3.50. The van der Waals surface area contributed by atoms with Crippen molar-refractivity contribution in [2.24, 2.45) is 0 Å². The van der Waals surface area contributed by atoms with Crippen molar-refractivity contribution in [3.05, 3.63) is 35.4 Å². The summed E-state index contributed by atoms with van der Waals surface area (Å²) in [5.74, 6) is -1.24. The molecule has 128 valence electrons. The predicted molar refractivity (Wildman–Crippen MR) is 87.8 cm³/mol. The Morgan fingerprint density at radius 1 is 1.33 bits per heavy atom. The van der Waals surface area contributed by atoms with Gasteiger partial charge in [0.05, 0.1) is 5.75 Å². The molecule has 1 heterocycles. The number of hydrogen-bond acceptors (Lipinski definition) is 5. The Hall–Kier alpha value is -2.55. The second-order valence-corrected chi connectivity index (χ2v) is 6.42. The average molecular weight is 351 g/mol. The molecule has 1 aromatic carbocycles. The van der Waals surface area contributed by atoms with Crippen LogP contribution in [0.4, 0.5) is 4.79 Å². The van der Waals surface area contributed by atoms with Crippen LogP contribution in [0.5, 0.6) is 0 Å². The number of rotatable bonds is 7. The fourth-order valence-electron chi connectivity index (χ4n) is 2.22. The Morgan fingerprint density at radius 3 is 2.71 bits per heavy atom. The molecule has 1 unspecified atom stereocenters. The summed E-state index contributed by atoms with van der Waals surface area (Å²) in [6.45, 7) is 1.89. The molecule has 0 bridgehead atoms. The van der Waals surface area contributed by atoms with Gasteiger partial charge in [0.15, 0.2) is 0 Å². The van der Waals surface area contributed by atoms with Crippen molar-refractivity contribution in [3.8, 4) is 0 Å². The molecule has 4 amide bonds. The second-order valence-electron chi connectivity index (χ2n) is 5.32. The predicted octanol–water partition coefficient (Wildman–Crippen LogP) is 0.289. The zero-order chi connectivity index (χ0) is 17.7. The van der Waals surface area contributed by atoms with E-state index in [9.17, 15) is 19.2 Å². The van der Waals surface area contributed by atoms with E-state index < -0.39 is 23.4 Å². The van der Waals surface area contributed by atoms with Gasteiger partial charge in [-0.1, -0.05) is 12.1 Å². The minimum Gasteiger partial charge on any atom is -0.481 e. The zero-order valence-corrected chi connectivity index (χ0v) is 13.7. The monoisotopic (exact) mass is 351 g/mol. The zero-order valence-electron chi connectivity index (χ0n) is 12.9. The number of thioether (sulfide) groups is 1. The quantitative estimate of drug-likeness (QED) is 0.413. The molecule has 9 heteroatoms. The molecule has 1 atom stereocenters. The van der Waals surface area contributed by atoms with Crippen molar-refractivity contribution in [1.29, 1.82) is 0 Å². The number of benzene rings is 1. The standard InChI is InChI=1S/C15H17N3O5S/c1-15(13(22)17-14(23)18-15)10-4-2-3-9(7-10)12(21)16-5-6-24-8-11(19)20/h2-4,7H,5-6,8H2,1H3,(H,16,21)(H,19,20)(H2,17,18,22,23). The molecule has 1 aromatic rings. The lowest BCUT2D eigenvalue weighted by atomic mass is 9.91. The lowest BCUT2D eigenvalue weighted by molar-refractivity contribution is -0.134. The van der Waals surface area contributed by atoms with Crippen LogP contribution >= 0.6 is 11.8 Å². The van der Waals surface area contributed by atoms with Crippen molar-refractivity contribution >= 4 is 35.6 Å². The molecule has 0 radical (unpaired) electrons. The molecular weight excluding hydrogens is 334 g/mol. The number of amides is 4. The molecule has 1 aliphatic heterocycles. The van der Waals surface area contributed by atoms with Crippen LogP contribution in [0.3, 0.4) is 0 Å². The van der Waals surface area contributed by atoms with Gasteiger partial charge in [0, 0.05) is 17.9 Å². The Balaban J connectivity index is 2.00. The summed E-state index contributed by atoms with van der Waals surface area (Å²) in [5, 5.41) is 15.9. The molecule has 8 nitrogen and oxygen atoms in total. The van der Waals surface area contributed by atoms with Crippen LogP contribution in [0.15, 0.2) is 24.3 Å². The Morgan fingerprint density at radius 2 is 2.08 bits per heavy atom. The van der Waals surface area contributed by atoms with E-state index in [4.69, 9.17) is 5.11 Å². The molecule has 24 heavy (non-hydrogen) atoms. The van der Waals surface area contributed by atoms with Crippen molar-refractivity contribution < 1.29 is 24.3 Å². The molecule has 1 fully saturated rings. The van der Waals surface area contributed by atoms with Gasteiger partial charge >= 0.3 is 12.0 Å². The van der Waals surface area contributed by atoms with Crippen LogP contribution in [0, 0.1) is 0 Å².